The van der Waals surface area contributed by atoms with Crippen molar-refractivity contribution in [3.63, 3.8) is 0 Å². The molecule has 0 aromatic heterocycles. The average molecular weight is 261 g/mol. The first kappa shape index (κ1) is 13.4. The average Bonchev–Trinajstić information content (AvgIpc) is 2.42. The first-order valence-corrected chi connectivity index (χ1v) is 5.91. The second-order valence-electron chi connectivity index (χ2n) is 4.15. The largest absolute Gasteiger partial charge is 0.330 e. The lowest BCUT2D eigenvalue weighted by Gasteiger charge is -2.08. The van der Waals surface area contributed by atoms with E-state index in [0.29, 0.717) is 18.5 Å². The molecule has 0 heterocycles. The number of hydrogen-bond donors (Lipinski definition) is 1. The highest BCUT2D eigenvalue weighted by Gasteiger charge is 2.14. The Morgan fingerprint density at radius 2 is 1.79 bits per heavy atom. The van der Waals surface area contributed by atoms with Gasteiger partial charge in [0.25, 0.3) is 0 Å². The summed E-state index contributed by atoms with van der Waals surface area (Å²) in [5, 5.41) is 0. The zero-order chi connectivity index (χ0) is 13.8. The number of rotatable bonds is 4. The molecule has 2 aromatic rings. The normalized spacial score (nSPS) is 10.5. The highest BCUT2D eigenvalue weighted by atomic mass is 19.2. The van der Waals surface area contributed by atoms with E-state index in [1.165, 1.54) is 6.07 Å². The molecule has 2 rings (SSSR count). The van der Waals surface area contributed by atoms with Crippen molar-refractivity contribution in [2.24, 2.45) is 5.73 Å². The standard InChI is InChI=1S/C15H13F2NO/c16-13-6-5-11(9-14(13)17)15(19)12-4-2-1-3-10(12)7-8-18/h1-6,9H,7-8,18H2. The quantitative estimate of drug-likeness (QED) is 0.860. The lowest BCUT2D eigenvalue weighted by Crippen LogP contribution is -2.10. The van der Waals surface area contributed by atoms with Crippen molar-refractivity contribution in [1.29, 1.82) is 0 Å². The van der Waals surface area contributed by atoms with E-state index in [1.807, 2.05) is 6.07 Å². The Morgan fingerprint density at radius 3 is 2.47 bits per heavy atom. The van der Waals surface area contributed by atoms with E-state index in [-0.39, 0.29) is 11.3 Å². The molecule has 0 unspecified atom stereocenters. The summed E-state index contributed by atoms with van der Waals surface area (Å²) in [5.41, 5.74) is 6.90. The molecule has 0 bridgehead atoms. The zero-order valence-electron chi connectivity index (χ0n) is 10.2. The molecule has 0 amide bonds. The Balaban J connectivity index is 2.41. The molecule has 0 aliphatic heterocycles. The fourth-order valence-corrected chi connectivity index (χ4v) is 1.91. The molecule has 4 heteroatoms. The first-order valence-electron chi connectivity index (χ1n) is 5.91. The van der Waals surface area contributed by atoms with Gasteiger partial charge < -0.3 is 5.73 Å². The zero-order valence-corrected chi connectivity index (χ0v) is 10.2. The van der Waals surface area contributed by atoms with E-state index in [0.717, 1.165) is 17.7 Å². The highest BCUT2D eigenvalue weighted by molar-refractivity contribution is 6.09. The molecule has 0 aliphatic carbocycles. The third-order valence-electron chi connectivity index (χ3n) is 2.86. The lowest BCUT2D eigenvalue weighted by molar-refractivity contribution is 0.103. The molecular formula is C15H13F2NO. The van der Waals surface area contributed by atoms with Crippen LogP contribution in [0.15, 0.2) is 42.5 Å². The second kappa shape index (κ2) is 5.71. The smallest absolute Gasteiger partial charge is 0.193 e. The molecule has 0 saturated heterocycles. The van der Waals surface area contributed by atoms with Gasteiger partial charge in [-0.25, -0.2) is 8.78 Å². The lowest BCUT2D eigenvalue weighted by atomic mass is 9.96. The minimum atomic E-state index is -1.03. The van der Waals surface area contributed by atoms with Crippen molar-refractivity contribution >= 4 is 5.78 Å². The Morgan fingerprint density at radius 1 is 1.05 bits per heavy atom. The Kier molecular flexibility index (Phi) is 4.02. The summed E-state index contributed by atoms with van der Waals surface area (Å²) in [4.78, 5) is 12.3. The van der Waals surface area contributed by atoms with Crippen molar-refractivity contribution in [3.8, 4) is 0 Å². The minimum absolute atomic E-state index is 0.128. The van der Waals surface area contributed by atoms with E-state index >= 15 is 0 Å². The van der Waals surface area contributed by atoms with Gasteiger partial charge in [0.05, 0.1) is 0 Å². The van der Waals surface area contributed by atoms with E-state index in [9.17, 15) is 13.6 Å². The molecular weight excluding hydrogens is 248 g/mol. The molecule has 0 aliphatic rings. The van der Waals surface area contributed by atoms with Gasteiger partial charge in [-0.3, -0.25) is 4.79 Å². The predicted octanol–water partition coefficient (Wildman–Crippen LogP) is 2.70. The van der Waals surface area contributed by atoms with Crippen LogP contribution in [0.3, 0.4) is 0 Å². The molecule has 0 atom stereocenters. The van der Waals surface area contributed by atoms with Gasteiger partial charge in [-0.15, -0.1) is 0 Å². The van der Waals surface area contributed by atoms with E-state index in [1.54, 1.807) is 18.2 Å². The summed E-state index contributed by atoms with van der Waals surface area (Å²) in [7, 11) is 0. The Labute approximate surface area is 109 Å². The van der Waals surface area contributed by atoms with Gasteiger partial charge in [0.2, 0.25) is 0 Å². The molecule has 0 spiro atoms. The van der Waals surface area contributed by atoms with Crippen LogP contribution in [0.5, 0.6) is 0 Å². The predicted molar refractivity (Wildman–Crippen MR) is 69.0 cm³/mol. The monoisotopic (exact) mass is 261 g/mol. The third-order valence-corrected chi connectivity index (χ3v) is 2.86. The van der Waals surface area contributed by atoms with Crippen LogP contribution in [-0.4, -0.2) is 12.3 Å². The molecule has 0 fully saturated rings. The van der Waals surface area contributed by atoms with Crippen LogP contribution in [0.4, 0.5) is 8.78 Å². The summed E-state index contributed by atoms with van der Waals surface area (Å²) in [5.74, 6) is -2.32. The van der Waals surface area contributed by atoms with Crippen LogP contribution in [0.1, 0.15) is 21.5 Å². The molecule has 98 valence electrons. The summed E-state index contributed by atoms with van der Waals surface area (Å²) >= 11 is 0. The van der Waals surface area contributed by atoms with Gasteiger partial charge in [0.1, 0.15) is 0 Å². The number of nitrogens with two attached hydrogens (primary N) is 1. The molecule has 19 heavy (non-hydrogen) atoms. The molecule has 2 N–H and O–H groups in total. The van der Waals surface area contributed by atoms with E-state index in [4.69, 9.17) is 5.73 Å². The maximum atomic E-state index is 13.2. The fourth-order valence-electron chi connectivity index (χ4n) is 1.91. The van der Waals surface area contributed by atoms with E-state index < -0.39 is 11.6 Å². The summed E-state index contributed by atoms with van der Waals surface area (Å²) in [6.45, 7) is 0.419. The van der Waals surface area contributed by atoms with Crippen LogP contribution in [0.2, 0.25) is 0 Å². The summed E-state index contributed by atoms with van der Waals surface area (Å²) in [6, 6.07) is 10.2. The maximum absolute atomic E-state index is 13.2. The number of carbonyl (C=O) groups excluding carboxylic acids is 1. The van der Waals surface area contributed by atoms with Gasteiger partial charge in [-0.1, -0.05) is 24.3 Å². The number of ketones is 1. The van der Waals surface area contributed by atoms with Gasteiger partial charge in [0.15, 0.2) is 17.4 Å². The van der Waals surface area contributed by atoms with Crippen molar-refractivity contribution in [1.82, 2.24) is 0 Å². The summed E-state index contributed by atoms with van der Waals surface area (Å²) in [6.07, 6.45) is 0.561. The van der Waals surface area contributed by atoms with Gasteiger partial charge in [-0.2, -0.15) is 0 Å². The molecule has 2 nitrogen and oxygen atoms in total. The highest BCUT2D eigenvalue weighted by Crippen LogP contribution is 2.17. The Bertz CT molecular complexity index is 611. The van der Waals surface area contributed by atoms with Gasteiger partial charge in [-0.05, 0) is 36.7 Å². The van der Waals surface area contributed by atoms with Crippen LogP contribution in [0.25, 0.3) is 0 Å². The minimum Gasteiger partial charge on any atom is -0.330 e. The molecule has 0 radical (unpaired) electrons. The molecule has 0 saturated carbocycles. The van der Waals surface area contributed by atoms with Crippen LogP contribution in [0, 0.1) is 11.6 Å². The van der Waals surface area contributed by atoms with Crippen LogP contribution < -0.4 is 5.73 Å². The second-order valence-corrected chi connectivity index (χ2v) is 4.15. The van der Waals surface area contributed by atoms with Crippen molar-refractivity contribution in [3.05, 3.63) is 70.8 Å². The number of benzene rings is 2. The topological polar surface area (TPSA) is 43.1 Å². The first-order chi connectivity index (χ1) is 9.13. The van der Waals surface area contributed by atoms with Gasteiger partial charge in [0, 0.05) is 11.1 Å². The van der Waals surface area contributed by atoms with Crippen molar-refractivity contribution < 1.29 is 13.6 Å². The van der Waals surface area contributed by atoms with Gasteiger partial charge >= 0.3 is 0 Å². The number of halogens is 2. The third kappa shape index (κ3) is 2.85. The number of carbonyl (C=O) groups is 1. The maximum Gasteiger partial charge on any atom is 0.193 e. The molecule has 2 aromatic carbocycles. The number of hydrogen-bond acceptors (Lipinski definition) is 2. The Hall–Kier alpha value is -2.07. The fraction of sp³-hybridized carbons (Fsp3) is 0.133. The van der Waals surface area contributed by atoms with Crippen LogP contribution >= 0.6 is 0 Å². The SMILES string of the molecule is NCCc1ccccc1C(=O)c1ccc(F)c(F)c1. The van der Waals surface area contributed by atoms with Crippen molar-refractivity contribution in [2.75, 3.05) is 6.54 Å². The van der Waals surface area contributed by atoms with Crippen LogP contribution in [-0.2, 0) is 6.42 Å². The van der Waals surface area contributed by atoms with E-state index in [2.05, 4.69) is 0 Å². The summed E-state index contributed by atoms with van der Waals surface area (Å²) < 4.78 is 26.0. The van der Waals surface area contributed by atoms with Crippen molar-refractivity contribution in [2.45, 2.75) is 6.42 Å².